The molecule has 0 fully saturated rings. The van der Waals surface area contributed by atoms with Gasteiger partial charge in [0.25, 0.3) is 10.0 Å². The van der Waals surface area contributed by atoms with Gasteiger partial charge in [-0.25, -0.2) is 8.42 Å². The molecule has 0 aliphatic carbocycles. The topological polar surface area (TPSA) is 78.9 Å². The van der Waals surface area contributed by atoms with Crippen LogP contribution in [0.2, 0.25) is 0 Å². The Balaban J connectivity index is 2.09. The summed E-state index contributed by atoms with van der Waals surface area (Å²) in [5, 5.41) is 14.3. The summed E-state index contributed by atoms with van der Waals surface area (Å²) < 4.78 is 33.6. The summed E-state index contributed by atoms with van der Waals surface area (Å²) in [7, 11) is -2.23. The van der Waals surface area contributed by atoms with Gasteiger partial charge < -0.3 is 15.2 Å². The number of hydrogen-bond donors (Lipinski definition) is 2. The molecule has 28 heavy (non-hydrogen) atoms. The first-order chi connectivity index (χ1) is 13.4. The van der Waals surface area contributed by atoms with Crippen molar-refractivity contribution >= 4 is 15.7 Å². The summed E-state index contributed by atoms with van der Waals surface area (Å²) in [5.41, 5.74) is 2.05. The molecule has 0 saturated carbocycles. The van der Waals surface area contributed by atoms with Gasteiger partial charge in [-0.05, 0) is 44.5 Å². The molecule has 152 valence electrons. The van der Waals surface area contributed by atoms with Gasteiger partial charge in [-0.3, -0.25) is 4.31 Å². The number of fused-ring (bicyclic) bond motifs is 1. The van der Waals surface area contributed by atoms with Crippen LogP contribution in [0.1, 0.15) is 37.0 Å². The summed E-state index contributed by atoms with van der Waals surface area (Å²) in [6.45, 7) is 5.01. The van der Waals surface area contributed by atoms with Crippen molar-refractivity contribution in [3.8, 4) is 5.75 Å². The fraction of sp³-hybridized carbons (Fsp3) is 0.429. The fourth-order valence-corrected chi connectivity index (χ4v) is 5.00. The Kier molecular flexibility index (Phi) is 6.27. The minimum atomic E-state index is -3.77. The van der Waals surface area contributed by atoms with E-state index in [0.29, 0.717) is 23.4 Å². The van der Waals surface area contributed by atoms with Crippen molar-refractivity contribution in [2.45, 2.75) is 43.7 Å². The molecule has 2 aromatic rings. The van der Waals surface area contributed by atoms with Crippen LogP contribution in [0.15, 0.2) is 47.4 Å². The van der Waals surface area contributed by atoms with Crippen molar-refractivity contribution in [1.82, 2.24) is 5.32 Å². The van der Waals surface area contributed by atoms with Crippen molar-refractivity contribution in [3.63, 3.8) is 0 Å². The Labute approximate surface area is 167 Å². The zero-order valence-corrected chi connectivity index (χ0v) is 17.4. The Morgan fingerprint density at radius 1 is 1.21 bits per heavy atom. The lowest BCUT2D eigenvalue weighted by Gasteiger charge is -2.25. The quantitative estimate of drug-likeness (QED) is 0.774. The average Bonchev–Trinajstić information content (AvgIpc) is 2.83. The molecule has 7 heteroatoms. The molecule has 0 saturated heterocycles. The minimum absolute atomic E-state index is 0.217. The molecule has 3 rings (SSSR count). The van der Waals surface area contributed by atoms with E-state index < -0.39 is 16.1 Å². The van der Waals surface area contributed by atoms with Gasteiger partial charge in [0, 0.05) is 24.2 Å². The van der Waals surface area contributed by atoms with Gasteiger partial charge in [-0.15, -0.1) is 0 Å². The van der Waals surface area contributed by atoms with Crippen LogP contribution in [0.25, 0.3) is 0 Å². The number of aliphatic hydroxyl groups is 1. The summed E-state index contributed by atoms with van der Waals surface area (Å²) in [6, 6.07) is 11.8. The van der Waals surface area contributed by atoms with Crippen LogP contribution in [-0.2, 0) is 10.0 Å². The molecule has 0 bridgehead atoms. The second-order valence-electron chi connectivity index (χ2n) is 7.11. The van der Waals surface area contributed by atoms with Gasteiger partial charge in [-0.2, -0.15) is 0 Å². The number of ether oxygens (including phenoxy) is 1. The number of nitrogens with zero attached hydrogens (tertiary/aromatic N) is 1. The number of rotatable bonds is 6. The molecular weight excluding hydrogens is 376 g/mol. The molecule has 2 atom stereocenters. The van der Waals surface area contributed by atoms with Gasteiger partial charge >= 0.3 is 0 Å². The van der Waals surface area contributed by atoms with Crippen molar-refractivity contribution in [1.29, 1.82) is 0 Å². The maximum atomic E-state index is 13.4. The van der Waals surface area contributed by atoms with Gasteiger partial charge in [0.1, 0.15) is 5.75 Å². The maximum Gasteiger partial charge on any atom is 0.264 e. The second kappa shape index (κ2) is 8.51. The van der Waals surface area contributed by atoms with Crippen LogP contribution >= 0.6 is 0 Å². The number of aliphatic hydroxyl groups excluding tert-OH is 1. The Morgan fingerprint density at radius 2 is 1.93 bits per heavy atom. The first-order valence-corrected chi connectivity index (χ1v) is 11.0. The zero-order chi connectivity index (χ0) is 20.3. The monoisotopic (exact) mass is 404 g/mol. The van der Waals surface area contributed by atoms with E-state index in [4.69, 9.17) is 4.74 Å². The van der Waals surface area contributed by atoms with Gasteiger partial charge in [0.05, 0.1) is 23.8 Å². The van der Waals surface area contributed by atoms with Crippen LogP contribution in [0, 0.1) is 6.92 Å². The number of anilines is 1. The first-order valence-electron chi connectivity index (χ1n) is 9.57. The molecule has 1 aliphatic rings. The van der Waals surface area contributed by atoms with Crippen LogP contribution in [0.5, 0.6) is 5.75 Å². The van der Waals surface area contributed by atoms with Crippen LogP contribution in [-0.4, -0.2) is 39.8 Å². The third kappa shape index (κ3) is 4.01. The zero-order valence-electron chi connectivity index (χ0n) is 16.6. The molecule has 6 nitrogen and oxygen atoms in total. The summed E-state index contributed by atoms with van der Waals surface area (Å²) in [6.07, 6.45) is 0.638. The van der Waals surface area contributed by atoms with Crippen LogP contribution in [0.4, 0.5) is 5.69 Å². The van der Waals surface area contributed by atoms with Gasteiger partial charge in [0.2, 0.25) is 0 Å². The predicted octanol–water partition coefficient (Wildman–Crippen LogP) is 3.00. The molecule has 0 radical (unpaired) electrons. The lowest BCUT2D eigenvalue weighted by atomic mass is 10.00. The largest absolute Gasteiger partial charge is 0.497 e. The second-order valence-corrected chi connectivity index (χ2v) is 8.97. The summed E-state index contributed by atoms with van der Waals surface area (Å²) >= 11 is 0. The van der Waals surface area contributed by atoms with Gasteiger partial charge in [0.15, 0.2) is 0 Å². The van der Waals surface area contributed by atoms with Crippen molar-refractivity contribution in [2.75, 3.05) is 24.5 Å². The number of methoxy groups -OCH3 is 1. The third-order valence-corrected chi connectivity index (χ3v) is 6.94. The number of benzene rings is 2. The summed E-state index contributed by atoms with van der Waals surface area (Å²) in [5.74, 6) is 0.551. The third-order valence-electron chi connectivity index (χ3n) is 5.11. The Hall–Kier alpha value is -2.09. The van der Waals surface area contributed by atoms with Crippen LogP contribution in [0.3, 0.4) is 0 Å². The Morgan fingerprint density at radius 3 is 2.57 bits per heavy atom. The maximum absolute atomic E-state index is 13.4. The van der Waals surface area contributed by atoms with E-state index >= 15 is 0 Å². The normalized spacial score (nSPS) is 19.8. The average molecular weight is 405 g/mol. The Bertz CT molecular complexity index is 913. The minimum Gasteiger partial charge on any atom is -0.497 e. The SMILES string of the molecule is CCCN[C@H]1CCN(S(=O)(=O)c2ccc(C)cc2)c2cc(OC)ccc2[C@H]1O. The highest BCUT2D eigenvalue weighted by Gasteiger charge is 2.35. The molecule has 0 aromatic heterocycles. The highest BCUT2D eigenvalue weighted by atomic mass is 32.2. The molecule has 2 N–H and O–H groups in total. The predicted molar refractivity (Wildman–Crippen MR) is 110 cm³/mol. The lowest BCUT2D eigenvalue weighted by Crippen LogP contribution is -2.37. The standard InChI is InChI=1S/C21H28N2O4S/c1-4-12-22-19-11-13-23(28(25,26)17-8-5-15(2)6-9-17)20-14-16(27-3)7-10-18(20)21(19)24/h5-10,14,19,21-22,24H,4,11-13H2,1-3H3/t19-,21+/m0/s1. The first kappa shape index (κ1) is 20.6. The molecule has 0 spiro atoms. The van der Waals surface area contributed by atoms with Crippen molar-refractivity contribution in [2.24, 2.45) is 0 Å². The van der Waals surface area contributed by atoms with E-state index in [1.165, 1.54) is 4.31 Å². The van der Waals surface area contributed by atoms with E-state index in [-0.39, 0.29) is 17.5 Å². The van der Waals surface area contributed by atoms with E-state index in [1.54, 1.807) is 49.6 Å². The highest BCUT2D eigenvalue weighted by Crippen LogP contribution is 2.38. The lowest BCUT2D eigenvalue weighted by molar-refractivity contribution is 0.128. The molecule has 0 unspecified atom stereocenters. The van der Waals surface area contributed by atoms with Gasteiger partial charge in [-0.1, -0.05) is 30.7 Å². The van der Waals surface area contributed by atoms with Crippen LogP contribution < -0.4 is 14.4 Å². The molecule has 1 aliphatic heterocycles. The smallest absolute Gasteiger partial charge is 0.264 e. The number of nitrogens with one attached hydrogen (secondary N) is 1. The van der Waals surface area contributed by atoms with E-state index in [2.05, 4.69) is 12.2 Å². The molecule has 0 amide bonds. The highest BCUT2D eigenvalue weighted by molar-refractivity contribution is 7.92. The number of aryl methyl sites for hydroxylation is 1. The molecule has 2 aromatic carbocycles. The van der Waals surface area contributed by atoms with E-state index in [1.807, 2.05) is 6.92 Å². The number of hydrogen-bond acceptors (Lipinski definition) is 5. The van der Waals surface area contributed by atoms with Crippen molar-refractivity contribution < 1.29 is 18.3 Å². The van der Waals surface area contributed by atoms with E-state index in [9.17, 15) is 13.5 Å². The number of sulfonamides is 1. The summed E-state index contributed by atoms with van der Waals surface area (Å²) in [4.78, 5) is 0.237. The van der Waals surface area contributed by atoms with Crippen molar-refractivity contribution in [3.05, 3.63) is 53.6 Å². The van der Waals surface area contributed by atoms with E-state index in [0.717, 1.165) is 18.5 Å². The molecule has 1 heterocycles. The molecular formula is C21H28N2O4S. The fourth-order valence-electron chi connectivity index (χ4n) is 3.50.